The normalized spacial score (nSPS) is 12.4. The first kappa shape index (κ1) is 25.5. The fraction of sp³-hybridized carbons (Fsp3) is 0.120. The van der Waals surface area contributed by atoms with E-state index in [1.807, 2.05) is 6.92 Å². The highest BCUT2D eigenvalue weighted by Gasteiger charge is 2.47. The zero-order valence-electron chi connectivity index (χ0n) is 18.8. The van der Waals surface area contributed by atoms with Crippen molar-refractivity contribution in [3.63, 3.8) is 0 Å². The molecule has 0 aliphatic rings. The van der Waals surface area contributed by atoms with Crippen molar-refractivity contribution in [2.75, 3.05) is 5.32 Å². The van der Waals surface area contributed by atoms with E-state index in [1.165, 1.54) is 6.07 Å². The molecule has 1 amide bonds. The van der Waals surface area contributed by atoms with Crippen LogP contribution in [0.1, 0.15) is 28.7 Å². The first-order valence-corrected chi connectivity index (χ1v) is 12.5. The molecular weight excluding hydrogens is 515 g/mol. The minimum atomic E-state index is -5.48. The average Bonchev–Trinajstić information content (AvgIpc) is 3.19. The summed E-state index contributed by atoms with van der Waals surface area (Å²) in [5.41, 5.74) is -3.18. The topological polar surface area (TPSA) is 81.1 Å². The van der Waals surface area contributed by atoms with Gasteiger partial charge < -0.3 is 9.88 Å². The van der Waals surface area contributed by atoms with Gasteiger partial charge in [-0.05, 0) is 61.0 Å². The van der Waals surface area contributed by atoms with Crippen LogP contribution >= 0.6 is 11.6 Å². The summed E-state index contributed by atoms with van der Waals surface area (Å²) in [4.78, 5) is 16.0. The summed E-state index contributed by atoms with van der Waals surface area (Å²) < 4.78 is 64.1. The molecule has 0 unspecified atom stereocenters. The number of hydrogen-bond donors (Lipinski definition) is 1. The van der Waals surface area contributed by atoms with Crippen LogP contribution in [0.25, 0.3) is 23.2 Å². The minimum absolute atomic E-state index is 0.127. The molecule has 1 heterocycles. The van der Waals surface area contributed by atoms with E-state index in [9.17, 15) is 26.4 Å². The third-order valence-electron chi connectivity index (χ3n) is 5.37. The second-order valence-electron chi connectivity index (χ2n) is 7.71. The predicted molar refractivity (Wildman–Crippen MR) is 133 cm³/mol. The number of halogens is 4. The van der Waals surface area contributed by atoms with Gasteiger partial charge in [-0.25, -0.2) is 13.4 Å². The van der Waals surface area contributed by atoms with Gasteiger partial charge in [0.2, 0.25) is 0 Å². The summed E-state index contributed by atoms with van der Waals surface area (Å²) in [6.07, 6.45) is 3.39. The van der Waals surface area contributed by atoms with Crippen LogP contribution in [0.5, 0.6) is 0 Å². The molecule has 0 fully saturated rings. The zero-order chi connectivity index (χ0) is 26.1. The van der Waals surface area contributed by atoms with E-state index in [4.69, 9.17) is 11.6 Å². The van der Waals surface area contributed by atoms with Crippen molar-refractivity contribution in [1.29, 1.82) is 0 Å². The van der Waals surface area contributed by atoms with E-state index in [0.29, 0.717) is 34.2 Å². The molecule has 0 atom stereocenters. The van der Waals surface area contributed by atoms with Crippen molar-refractivity contribution < 1.29 is 26.4 Å². The van der Waals surface area contributed by atoms with Crippen LogP contribution in [-0.2, 0) is 16.4 Å². The largest absolute Gasteiger partial charge is 0.501 e. The number of sulfone groups is 1. The van der Waals surface area contributed by atoms with Crippen molar-refractivity contribution in [3.05, 3.63) is 88.7 Å². The Labute approximate surface area is 210 Å². The number of imidazole rings is 1. The fourth-order valence-electron chi connectivity index (χ4n) is 3.62. The fourth-order valence-corrected chi connectivity index (χ4v) is 4.63. The number of carbonyl (C=O) groups is 1. The number of alkyl halides is 3. The van der Waals surface area contributed by atoms with Crippen LogP contribution in [-0.4, -0.2) is 29.4 Å². The Kier molecular flexibility index (Phi) is 6.92. The lowest BCUT2D eigenvalue weighted by molar-refractivity contribution is -0.0436. The number of nitrogens with zero attached hydrogens (tertiary/aromatic N) is 2. The number of fused-ring (bicyclic) bond motifs is 1. The van der Waals surface area contributed by atoms with Crippen molar-refractivity contribution in [1.82, 2.24) is 9.55 Å². The number of nitrogens with one attached hydrogen (secondary N) is 1. The summed E-state index contributed by atoms with van der Waals surface area (Å²) in [6, 6.07) is 16.8. The highest BCUT2D eigenvalue weighted by atomic mass is 35.5. The molecule has 0 aliphatic carbocycles. The molecule has 11 heteroatoms. The lowest BCUT2D eigenvalue weighted by Gasteiger charge is -2.08. The van der Waals surface area contributed by atoms with E-state index in [1.54, 1.807) is 65.3 Å². The second-order valence-corrected chi connectivity index (χ2v) is 10.1. The molecule has 3 aromatic carbocycles. The third kappa shape index (κ3) is 5.00. The Morgan fingerprint density at radius 3 is 2.50 bits per heavy atom. The lowest BCUT2D eigenvalue weighted by Crippen LogP contribution is -2.23. The molecule has 0 bridgehead atoms. The Balaban J connectivity index is 1.62. The minimum Gasteiger partial charge on any atom is -0.325 e. The summed E-state index contributed by atoms with van der Waals surface area (Å²) in [6.45, 7) is 2.29. The van der Waals surface area contributed by atoms with Gasteiger partial charge in [-0.1, -0.05) is 41.9 Å². The molecule has 4 aromatic rings. The van der Waals surface area contributed by atoms with Gasteiger partial charge in [0, 0.05) is 12.2 Å². The molecule has 186 valence electrons. The highest BCUT2D eigenvalue weighted by Crippen LogP contribution is 2.32. The molecule has 1 N–H and O–H groups in total. The number of aryl methyl sites for hydroxylation is 1. The first-order chi connectivity index (χ1) is 17.0. The van der Waals surface area contributed by atoms with Gasteiger partial charge in [-0.3, -0.25) is 4.79 Å². The smallest absolute Gasteiger partial charge is 0.325 e. The molecule has 0 radical (unpaired) electrons. The number of aromatic nitrogens is 2. The molecule has 0 saturated carbocycles. The molecule has 6 nitrogen and oxygen atoms in total. The maximum absolute atomic E-state index is 12.9. The van der Waals surface area contributed by atoms with Crippen LogP contribution < -0.4 is 5.32 Å². The summed E-state index contributed by atoms with van der Waals surface area (Å²) in [5.74, 6) is 0.0682. The van der Waals surface area contributed by atoms with Gasteiger partial charge >= 0.3 is 5.51 Å². The van der Waals surface area contributed by atoms with Crippen LogP contribution in [0.2, 0.25) is 5.02 Å². The number of hydrogen-bond acceptors (Lipinski definition) is 4. The Bertz CT molecular complexity index is 1600. The van der Waals surface area contributed by atoms with Crippen molar-refractivity contribution >= 4 is 56.2 Å². The van der Waals surface area contributed by atoms with Crippen LogP contribution in [0.3, 0.4) is 0 Å². The van der Waals surface area contributed by atoms with Crippen LogP contribution in [0, 0.1) is 0 Å². The molecule has 0 saturated heterocycles. The molecule has 0 spiro atoms. The molecule has 4 rings (SSSR count). The monoisotopic (exact) mass is 533 g/mol. The number of amides is 1. The third-order valence-corrected chi connectivity index (χ3v) is 7.18. The van der Waals surface area contributed by atoms with Crippen LogP contribution in [0.4, 0.5) is 18.9 Å². The standard InChI is InChI=1S/C25H19ClF3N3O3S/c1-2-32-22-12-11-18(36(34,35)25(27,28)29)15-21(22)31-23(32)13-10-16-6-5-7-17(14-16)30-24(33)19-8-3-4-9-20(19)26/h3-15H,2H2,1H3,(H,30,33)/b13-10+. The Morgan fingerprint density at radius 1 is 1.06 bits per heavy atom. The van der Waals surface area contributed by atoms with E-state index < -0.39 is 20.2 Å². The molecular formula is C25H19ClF3N3O3S. The Morgan fingerprint density at radius 2 is 1.81 bits per heavy atom. The maximum Gasteiger partial charge on any atom is 0.501 e. The quantitative estimate of drug-likeness (QED) is 0.310. The summed E-state index contributed by atoms with van der Waals surface area (Å²) in [7, 11) is -5.48. The number of carbonyl (C=O) groups excluding carboxylic acids is 1. The number of anilines is 1. The van der Waals surface area contributed by atoms with Gasteiger partial charge in [0.25, 0.3) is 15.7 Å². The summed E-state index contributed by atoms with van der Waals surface area (Å²) in [5, 5.41) is 3.12. The predicted octanol–water partition coefficient (Wildman–Crippen LogP) is 6.43. The SMILES string of the molecule is CCn1c(/C=C/c2cccc(NC(=O)c3ccccc3Cl)c2)nc2cc(S(=O)(=O)C(F)(F)F)ccc21. The number of benzene rings is 3. The molecule has 0 aliphatic heterocycles. The van der Waals surface area contributed by atoms with Gasteiger partial charge in [0.15, 0.2) is 0 Å². The molecule has 1 aromatic heterocycles. The van der Waals surface area contributed by atoms with E-state index >= 15 is 0 Å². The van der Waals surface area contributed by atoms with Gasteiger partial charge in [-0.15, -0.1) is 0 Å². The van der Waals surface area contributed by atoms with Crippen molar-refractivity contribution in [3.8, 4) is 0 Å². The first-order valence-electron chi connectivity index (χ1n) is 10.7. The van der Waals surface area contributed by atoms with Crippen LogP contribution in [0.15, 0.2) is 71.6 Å². The number of rotatable bonds is 6. The average molecular weight is 534 g/mol. The van der Waals surface area contributed by atoms with Crippen molar-refractivity contribution in [2.45, 2.75) is 23.9 Å². The lowest BCUT2D eigenvalue weighted by atomic mass is 10.1. The van der Waals surface area contributed by atoms with E-state index in [0.717, 1.165) is 17.7 Å². The zero-order valence-corrected chi connectivity index (χ0v) is 20.3. The van der Waals surface area contributed by atoms with Gasteiger partial charge in [0.1, 0.15) is 5.82 Å². The second kappa shape index (κ2) is 9.79. The van der Waals surface area contributed by atoms with Crippen molar-refractivity contribution in [2.24, 2.45) is 0 Å². The summed E-state index contributed by atoms with van der Waals surface area (Å²) >= 11 is 6.08. The van der Waals surface area contributed by atoms with E-state index in [-0.39, 0.29) is 11.4 Å². The van der Waals surface area contributed by atoms with Gasteiger partial charge in [-0.2, -0.15) is 13.2 Å². The highest BCUT2D eigenvalue weighted by molar-refractivity contribution is 7.92. The van der Waals surface area contributed by atoms with E-state index in [2.05, 4.69) is 10.3 Å². The maximum atomic E-state index is 12.9. The molecule has 36 heavy (non-hydrogen) atoms. The Hall–Kier alpha value is -3.63. The van der Waals surface area contributed by atoms with Gasteiger partial charge in [0.05, 0.1) is 26.5 Å².